The lowest BCUT2D eigenvalue weighted by Crippen LogP contribution is -2.37. The van der Waals surface area contributed by atoms with Crippen LogP contribution in [-0.2, 0) is 11.3 Å². The van der Waals surface area contributed by atoms with Gasteiger partial charge in [-0.1, -0.05) is 18.2 Å². The third-order valence-electron chi connectivity index (χ3n) is 3.26. The van der Waals surface area contributed by atoms with E-state index in [1.807, 2.05) is 25.1 Å². The molecule has 5 heteroatoms. The maximum absolute atomic E-state index is 5.63. The molecule has 0 amide bonds. The highest BCUT2D eigenvalue weighted by Crippen LogP contribution is 2.17. The Labute approximate surface area is 134 Å². The van der Waals surface area contributed by atoms with E-state index in [0.29, 0.717) is 13.2 Å². The van der Waals surface area contributed by atoms with Crippen LogP contribution in [0.15, 0.2) is 29.3 Å². The van der Waals surface area contributed by atoms with E-state index in [1.165, 1.54) is 0 Å². The molecular formula is C17H29N3O2. The Morgan fingerprint density at radius 2 is 1.95 bits per heavy atom. The molecule has 0 aliphatic carbocycles. The summed E-state index contributed by atoms with van der Waals surface area (Å²) in [6, 6.07) is 8.07. The fraction of sp³-hybridized carbons (Fsp3) is 0.588. The van der Waals surface area contributed by atoms with Crippen LogP contribution in [0.3, 0.4) is 0 Å². The lowest BCUT2D eigenvalue weighted by Gasteiger charge is -2.14. The Bertz CT molecular complexity index is 436. The molecule has 0 radical (unpaired) electrons. The van der Waals surface area contributed by atoms with Gasteiger partial charge in [0.05, 0.1) is 6.61 Å². The number of unbranched alkanes of at least 4 members (excludes halogenated alkanes) is 2. The highest BCUT2D eigenvalue weighted by atomic mass is 16.5. The molecule has 22 heavy (non-hydrogen) atoms. The molecule has 0 fully saturated rings. The predicted octanol–water partition coefficient (Wildman–Crippen LogP) is 2.57. The van der Waals surface area contributed by atoms with E-state index in [0.717, 1.165) is 49.7 Å². The van der Waals surface area contributed by atoms with Crippen molar-refractivity contribution in [3.8, 4) is 5.75 Å². The van der Waals surface area contributed by atoms with Crippen LogP contribution in [0.25, 0.3) is 0 Å². The first-order valence-corrected chi connectivity index (χ1v) is 7.96. The summed E-state index contributed by atoms with van der Waals surface area (Å²) in [5.41, 5.74) is 1.13. The van der Waals surface area contributed by atoms with Crippen LogP contribution in [-0.4, -0.2) is 39.9 Å². The molecule has 0 heterocycles. The Hall–Kier alpha value is -1.75. The number of rotatable bonds is 10. The molecule has 0 spiro atoms. The molecule has 2 N–H and O–H groups in total. The normalized spacial score (nSPS) is 11.3. The first-order chi connectivity index (χ1) is 10.8. The number of hydrogen-bond donors (Lipinski definition) is 2. The first-order valence-electron chi connectivity index (χ1n) is 7.96. The average molecular weight is 307 g/mol. The van der Waals surface area contributed by atoms with Gasteiger partial charge in [0.1, 0.15) is 5.75 Å². The van der Waals surface area contributed by atoms with Gasteiger partial charge in [0, 0.05) is 39.4 Å². The molecule has 0 saturated heterocycles. The minimum Gasteiger partial charge on any atom is -0.494 e. The van der Waals surface area contributed by atoms with Crippen molar-refractivity contribution in [1.82, 2.24) is 10.6 Å². The summed E-state index contributed by atoms with van der Waals surface area (Å²) in [6.07, 6.45) is 3.37. The van der Waals surface area contributed by atoms with E-state index >= 15 is 0 Å². The zero-order valence-corrected chi connectivity index (χ0v) is 14.0. The number of nitrogens with one attached hydrogen (secondary N) is 2. The number of benzene rings is 1. The van der Waals surface area contributed by atoms with E-state index in [2.05, 4.69) is 21.7 Å². The number of aliphatic imine (C=N–C) groups is 1. The molecule has 0 aliphatic rings. The Morgan fingerprint density at radius 1 is 1.14 bits per heavy atom. The van der Waals surface area contributed by atoms with E-state index in [9.17, 15) is 0 Å². The standard InChI is InChI=1S/C17H29N3O2/c1-4-22-16-11-7-6-10-15(16)14-20-17(18-2)19-12-8-5-9-13-21-3/h6-7,10-11H,4-5,8-9,12-14H2,1-3H3,(H2,18,19,20). The first kappa shape index (κ1) is 18.3. The second-order valence-corrected chi connectivity index (χ2v) is 4.95. The molecule has 1 aromatic carbocycles. The van der Waals surface area contributed by atoms with E-state index in [1.54, 1.807) is 14.2 Å². The van der Waals surface area contributed by atoms with E-state index < -0.39 is 0 Å². The van der Waals surface area contributed by atoms with Crippen molar-refractivity contribution in [1.29, 1.82) is 0 Å². The topological polar surface area (TPSA) is 54.9 Å². The smallest absolute Gasteiger partial charge is 0.191 e. The van der Waals surface area contributed by atoms with Crippen LogP contribution in [0.4, 0.5) is 0 Å². The summed E-state index contributed by atoms with van der Waals surface area (Å²) in [5.74, 6) is 1.74. The van der Waals surface area contributed by atoms with Crippen LogP contribution in [0.1, 0.15) is 31.7 Å². The van der Waals surface area contributed by atoms with Gasteiger partial charge in [0.2, 0.25) is 0 Å². The second-order valence-electron chi connectivity index (χ2n) is 4.95. The van der Waals surface area contributed by atoms with Gasteiger partial charge in [-0.15, -0.1) is 0 Å². The van der Waals surface area contributed by atoms with Gasteiger partial charge in [0.25, 0.3) is 0 Å². The van der Waals surface area contributed by atoms with Crippen LogP contribution in [0.2, 0.25) is 0 Å². The average Bonchev–Trinajstić information content (AvgIpc) is 2.55. The Balaban J connectivity index is 2.32. The van der Waals surface area contributed by atoms with Gasteiger partial charge in [-0.2, -0.15) is 0 Å². The van der Waals surface area contributed by atoms with Crippen LogP contribution in [0, 0.1) is 0 Å². The highest BCUT2D eigenvalue weighted by molar-refractivity contribution is 5.79. The fourth-order valence-corrected chi connectivity index (χ4v) is 2.10. The molecule has 0 bridgehead atoms. The number of para-hydroxylation sites is 1. The molecule has 124 valence electrons. The van der Waals surface area contributed by atoms with Crippen LogP contribution in [0.5, 0.6) is 5.75 Å². The van der Waals surface area contributed by atoms with Crippen molar-refractivity contribution in [2.24, 2.45) is 4.99 Å². The maximum atomic E-state index is 5.63. The second kappa shape index (κ2) is 11.9. The summed E-state index contributed by atoms with van der Waals surface area (Å²) in [7, 11) is 3.53. The van der Waals surface area contributed by atoms with Gasteiger partial charge < -0.3 is 20.1 Å². The summed E-state index contributed by atoms with van der Waals surface area (Å²) in [6.45, 7) is 5.11. The summed E-state index contributed by atoms with van der Waals surface area (Å²) in [5, 5.41) is 6.65. The Morgan fingerprint density at radius 3 is 2.68 bits per heavy atom. The van der Waals surface area contributed by atoms with Gasteiger partial charge in [0.15, 0.2) is 5.96 Å². The summed E-state index contributed by atoms with van der Waals surface area (Å²) >= 11 is 0. The van der Waals surface area contributed by atoms with Crippen LogP contribution < -0.4 is 15.4 Å². The molecule has 0 atom stereocenters. The number of ether oxygens (including phenoxy) is 2. The minimum absolute atomic E-state index is 0.672. The third-order valence-corrected chi connectivity index (χ3v) is 3.26. The molecule has 0 saturated carbocycles. The van der Waals surface area contributed by atoms with Crippen molar-refractivity contribution in [3.05, 3.63) is 29.8 Å². The molecular weight excluding hydrogens is 278 g/mol. The van der Waals surface area contributed by atoms with Crippen molar-refractivity contribution < 1.29 is 9.47 Å². The van der Waals surface area contributed by atoms with E-state index in [4.69, 9.17) is 9.47 Å². The Kier molecular flexibility index (Phi) is 9.87. The van der Waals surface area contributed by atoms with Gasteiger partial charge in [-0.3, -0.25) is 4.99 Å². The number of guanidine groups is 1. The number of hydrogen-bond acceptors (Lipinski definition) is 3. The molecule has 1 aromatic rings. The van der Waals surface area contributed by atoms with Crippen molar-refractivity contribution in [2.75, 3.05) is 33.9 Å². The molecule has 1 rings (SSSR count). The van der Waals surface area contributed by atoms with Gasteiger partial charge in [-0.25, -0.2) is 0 Å². The lowest BCUT2D eigenvalue weighted by atomic mass is 10.2. The van der Waals surface area contributed by atoms with E-state index in [-0.39, 0.29) is 0 Å². The minimum atomic E-state index is 0.672. The predicted molar refractivity (Wildman–Crippen MR) is 91.5 cm³/mol. The zero-order valence-electron chi connectivity index (χ0n) is 14.0. The zero-order chi connectivity index (χ0) is 16.0. The summed E-state index contributed by atoms with van der Waals surface area (Å²) < 4.78 is 10.7. The number of methoxy groups -OCH3 is 1. The maximum Gasteiger partial charge on any atom is 0.191 e. The fourth-order valence-electron chi connectivity index (χ4n) is 2.10. The molecule has 0 aliphatic heterocycles. The summed E-state index contributed by atoms with van der Waals surface area (Å²) in [4.78, 5) is 4.24. The SMILES string of the molecule is CCOc1ccccc1CNC(=NC)NCCCCCOC. The largest absolute Gasteiger partial charge is 0.494 e. The molecule has 0 unspecified atom stereocenters. The van der Waals surface area contributed by atoms with Crippen molar-refractivity contribution >= 4 is 5.96 Å². The lowest BCUT2D eigenvalue weighted by molar-refractivity contribution is 0.192. The van der Waals surface area contributed by atoms with Gasteiger partial charge >= 0.3 is 0 Å². The van der Waals surface area contributed by atoms with Crippen molar-refractivity contribution in [2.45, 2.75) is 32.7 Å². The molecule has 5 nitrogen and oxygen atoms in total. The van der Waals surface area contributed by atoms with Gasteiger partial charge in [-0.05, 0) is 32.3 Å². The van der Waals surface area contributed by atoms with Crippen LogP contribution >= 0.6 is 0 Å². The van der Waals surface area contributed by atoms with Crippen molar-refractivity contribution in [3.63, 3.8) is 0 Å². The molecule has 0 aromatic heterocycles. The highest BCUT2D eigenvalue weighted by Gasteiger charge is 2.03. The monoisotopic (exact) mass is 307 g/mol. The third kappa shape index (κ3) is 7.31. The number of nitrogens with zero attached hydrogens (tertiary/aromatic N) is 1. The quantitative estimate of drug-likeness (QED) is 0.396.